The lowest BCUT2D eigenvalue weighted by Gasteiger charge is -2.50. The fourth-order valence-corrected chi connectivity index (χ4v) is 7.27. The van der Waals surface area contributed by atoms with Crippen LogP contribution in [0.4, 0.5) is 5.69 Å². The molecule has 232 valence electrons. The van der Waals surface area contributed by atoms with E-state index in [4.69, 9.17) is 6.57 Å². The predicted molar refractivity (Wildman–Crippen MR) is 171 cm³/mol. The third kappa shape index (κ3) is 6.44. The fraction of sp³-hybridized carbons (Fsp3) is 0.405. The van der Waals surface area contributed by atoms with E-state index in [-0.39, 0.29) is 35.9 Å². The standard InChI is InChI=1S/C37H40N4O4/c1-24-8-10-25(11-9-24)18-19-39-35(43)34(27-12-15-30(38-2)16-13-27)41-33(20-26-6-4-3-5-7-26)36(44)40-23-29-21-31(42)17-14-28(29)22-32(40)37(41)45/h8-17,21,26,32-34,42H,3-7,18-20,22-23H2,1H3,(H,39,43)/t32-,33-,34?/m0/s1. The Bertz CT molecular complexity index is 1600. The summed E-state index contributed by atoms with van der Waals surface area (Å²) in [7, 11) is 0. The lowest BCUT2D eigenvalue weighted by Crippen LogP contribution is -2.67. The molecular weight excluding hydrogens is 564 g/mol. The third-order valence-corrected chi connectivity index (χ3v) is 9.74. The number of aromatic hydroxyl groups is 1. The maximum atomic E-state index is 14.7. The van der Waals surface area contributed by atoms with E-state index in [1.807, 2.05) is 37.3 Å². The average molecular weight is 605 g/mol. The summed E-state index contributed by atoms with van der Waals surface area (Å²) in [6.07, 6.45) is 6.83. The summed E-state index contributed by atoms with van der Waals surface area (Å²) >= 11 is 0. The lowest BCUT2D eigenvalue weighted by atomic mass is 9.81. The van der Waals surface area contributed by atoms with Crippen LogP contribution in [-0.4, -0.2) is 51.3 Å². The van der Waals surface area contributed by atoms with E-state index in [0.29, 0.717) is 37.1 Å². The van der Waals surface area contributed by atoms with Crippen molar-refractivity contribution in [3.63, 3.8) is 0 Å². The van der Waals surface area contributed by atoms with Crippen LogP contribution in [0.3, 0.4) is 0 Å². The fourth-order valence-electron chi connectivity index (χ4n) is 7.27. The number of nitrogens with one attached hydrogen (secondary N) is 1. The van der Waals surface area contributed by atoms with Crippen LogP contribution in [-0.2, 0) is 33.8 Å². The van der Waals surface area contributed by atoms with E-state index < -0.39 is 18.1 Å². The van der Waals surface area contributed by atoms with Crippen LogP contribution < -0.4 is 5.32 Å². The van der Waals surface area contributed by atoms with Gasteiger partial charge in [-0.1, -0.05) is 92.3 Å². The first-order valence-corrected chi connectivity index (χ1v) is 16.1. The molecule has 1 unspecified atom stereocenters. The first kappa shape index (κ1) is 30.4. The van der Waals surface area contributed by atoms with E-state index in [1.54, 1.807) is 46.2 Å². The number of hydrogen-bond donors (Lipinski definition) is 2. The quantitative estimate of drug-likeness (QED) is 0.319. The van der Waals surface area contributed by atoms with Crippen molar-refractivity contribution in [3.8, 4) is 5.75 Å². The Morgan fingerprint density at radius 3 is 2.42 bits per heavy atom. The number of carbonyl (C=O) groups excluding carboxylic acids is 3. The van der Waals surface area contributed by atoms with Gasteiger partial charge in [-0.3, -0.25) is 14.4 Å². The minimum Gasteiger partial charge on any atom is -0.508 e. The molecule has 0 radical (unpaired) electrons. The van der Waals surface area contributed by atoms with Crippen LogP contribution >= 0.6 is 0 Å². The highest BCUT2D eigenvalue weighted by Gasteiger charge is 2.51. The lowest BCUT2D eigenvalue weighted by molar-refractivity contribution is -0.169. The topological polar surface area (TPSA) is 94.3 Å². The normalized spacial score (nSPS) is 20.6. The highest BCUT2D eigenvalue weighted by Crippen LogP contribution is 2.39. The van der Waals surface area contributed by atoms with Gasteiger partial charge in [-0.2, -0.15) is 0 Å². The molecule has 1 saturated heterocycles. The van der Waals surface area contributed by atoms with Crippen LogP contribution in [0, 0.1) is 19.4 Å². The highest BCUT2D eigenvalue weighted by atomic mass is 16.3. The minimum atomic E-state index is -1.02. The van der Waals surface area contributed by atoms with Gasteiger partial charge in [-0.25, -0.2) is 4.85 Å². The van der Waals surface area contributed by atoms with Gasteiger partial charge in [0, 0.05) is 19.5 Å². The van der Waals surface area contributed by atoms with Crippen molar-refractivity contribution in [1.29, 1.82) is 0 Å². The molecule has 0 bridgehead atoms. The van der Waals surface area contributed by atoms with Crippen LogP contribution in [0.1, 0.15) is 72.4 Å². The summed E-state index contributed by atoms with van der Waals surface area (Å²) in [4.78, 5) is 50.1. The Hall–Kier alpha value is -4.64. The third-order valence-electron chi connectivity index (χ3n) is 9.74. The van der Waals surface area contributed by atoms with E-state index in [9.17, 15) is 19.5 Å². The van der Waals surface area contributed by atoms with Crippen LogP contribution in [0.15, 0.2) is 66.7 Å². The number of nitrogens with zero attached hydrogens (tertiary/aromatic N) is 3. The van der Waals surface area contributed by atoms with Crippen molar-refractivity contribution in [2.45, 2.75) is 83.0 Å². The largest absolute Gasteiger partial charge is 0.508 e. The number of phenols is 1. The van der Waals surface area contributed by atoms with Crippen molar-refractivity contribution < 1.29 is 19.5 Å². The van der Waals surface area contributed by atoms with Crippen LogP contribution in [0.5, 0.6) is 5.75 Å². The summed E-state index contributed by atoms with van der Waals surface area (Å²) in [5.74, 6) is -0.289. The van der Waals surface area contributed by atoms with E-state index in [0.717, 1.165) is 42.4 Å². The van der Waals surface area contributed by atoms with Gasteiger partial charge in [-0.15, -0.1) is 0 Å². The van der Waals surface area contributed by atoms with Crippen molar-refractivity contribution in [2.75, 3.05) is 6.54 Å². The Kier molecular flexibility index (Phi) is 8.88. The summed E-state index contributed by atoms with van der Waals surface area (Å²) in [6, 6.07) is 17.5. The molecule has 3 amide bonds. The Morgan fingerprint density at radius 1 is 0.978 bits per heavy atom. The number of benzene rings is 3. The van der Waals surface area contributed by atoms with Crippen molar-refractivity contribution in [2.24, 2.45) is 5.92 Å². The number of amides is 3. The van der Waals surface area contributed by atoms with Gasteiger partial charge in [0.25, 0.3) is 0 Å². The number of hydrogen-bond acceptors (Lipinski definition) is 4. The molecule has 2 fully saturated rings. The molecule has 2 aliphatic heterocycles. The summed E-state index contributed by atoms with van der Waals surface area (Å²) in [6.45, 7) is 10.1. The average Bonchev–Trinajstić information content (AvgIpc) is 3.06. The molecule has 3 aromatic carbocycles. The van der Waals surface area contributed by atoms with Gasteiger partial charge in [0.15, 0.2) is 5.69 Å². The second kappa shape index (κ2) is 13.2. The number of rotatable bonds is 8. The molecule has 3 aliphatic rings. The second-order valence-corrected chi connectivity index (χ2v) is 12.8. The minimum absolute atomic E-state index is 0.133. The number of phenolic OH excluding ortho intramolecular Hbond substituents is 1. The monoisotopic (exact) mass is 604 g/mol. The van der Waals surface area contributed by atoms with Gasteiger partial charge < -0.3 is 20.2 Å². The Labute approximate surface area is 264 Å². The smallest absolute Gasteiger partial charge is 0.247 e. The zero-order valence-electron chi connectivity index (χ0n) is 25.7. The van der Waals surface area contributed by atoms with Gasteiger partial charge in [0.1, 0.15) is 23.9 Å². The molecule has 1 saturated carbocycles. The van der Waals surface area contributed by atoms with Crippen LogP contribution in [0.25, 0.3) is 4.85 Å². The van der Waals surface area contributed by atoms with Gasteiger partial charge in [-0.05, 0) is 60.1 Å². The van der Waals surface area contributed by atoms with Gasteiger partial charge >= 0.3 is 0 Å². The number of carbonyl (C=O) groups is 3. The molecule has 8 heteroatoms. The summed E-state index contributed by atoms with van der Waals surface area (Å²) in [5.41, 5.74) is 5.05. The molecule has 45 heavy (non-hydrogen) atoms. The molecule has 0 spiro atoms. The molecule has 3 aromatic rings. The number of aryl methyl sites for hydroxylation is 1. The maximum Gasteiger partial charge on any atom is 0.247 e. The molecule has 1 aliphatic carbocycles. The molecular formula is C37H40N4O4. The predicted octanol–water partition coefficient (Wildman–Crippen LogP) is 5.79. The first-order valence-electron chi connectivity index (χ1n) is 16.1. The van der Waals surface area contributed by atoms with Crippen molar-refractivity contribution >= 4 is 23.4 Å². The zero-order chi connectivity index (χ0) is 31.5. The molecule has 8 nitrogen and oxygen atoms in total. The van der Waals surface area contributed by atoms with Gasteiger partial charge in [0.2, 0.25) is 17.7 Å². The molecule has 3 atom stereocenters. The van der Waals surface area contributed by atoms with E-state index in [1.165, 1.54) is 12.0 Å². The molecule has 2 heterocycles. The van der Waals surface area contributed by atoms with Crippen molar-refractivity contribution in [1.82, 2.24) is 15.1 Å². The Morgan fingerprint density at radius 2 is 1.71 bits per heavy atom. The molecule has 2 N–H and O–H groups in total. The summed E-state index contributed by atoms with van der Waals surface area (Å²) in [5, 5.41) is 13.2. The molecule has 0 aromatic heterocycles. The van der Waals surface area contributed by atoms with Crippen LogP contribution in [0.2, 0.25) is 0 Å². The van der Waals surface area contributed by atoms with Gasteiger partial charge in [0.05, 0.1) is 6.57 Å². The van der Waals surface area contributed by atoms with E-state index >= 15 is 0 Å². The second-order valence-electron chi connectivity index (χ2n) is 12.8. The maximum absolute atomic E-state index is 14.7. The SMILES string of the molecule is [C-]#[N+]c1ccc(C(C(=O)NCCc2ccc(C)cc2)N2C(=O)[C@@H]3Cc4ccc(O)cc4CN3C(=O)[C@@H]2CC2CCCCC2)cc1. The zero-order valence-corrected chi connectivity index (χ0v) is 25.7. The molecule has 6 rings (SSSR count). The first-order chi connectivity index (χ1) is 21.8. The van der Waals surface area contributed by atoms with Crippen molar-refractivity contribution in [3.05, 3.63) is 106 Å². The number of piperazine rings is 1. The summed E-state index contributed by atoms with van der Waals surface area (Å²) < 4.78 is 0. The highest BCUT2D eigenvalue weighted by molar-refractivity contribution is 6.00. The Balaban J connectivity index is 1.36. The van der Waals surface area contributed by atoms with E-state index in [2.05, 4.69) is 10.2 Å². The number of fused-ring (bicyclic) bond motifs is 2.